The number of hydrogen-bond acceptors (Lipinski definition) is 4. The lowest BCUT2D eigenvalue weighted by Gasteiger charge is -2.35. The standard InChI is InChI=1S/C20H24N2O4S/c1-14(2)15(3)21-20(23)19-13-22(17-11-7-8-12-18(17)26-19)27(24,25)16-9-5-4-6-10-16/h4-12,14-15,19H,13H2,1-3H3,(H,21,23)/t15-,19-/m1/s1. The van der Waals surface area contributed by atoms with Crippen LogP contribution in [0.3, 0.4) is 0 Å². The first kappa shape index (κ1) is 19.2. The van der Waals surface area contributed by atoms with Crippen molar-refractivity contribution < 1.29 is 17.9 Å². The average Bonchev–Trinajstić information content (AvgIpc) is 2.67. The third-order valence-electron chi connectivity index (χ3n) is 4.73. The number of anilines is 1. The molecular weight excluding hydrogens is 364 g/mol. The highest BCUT2D eigenvalue weighted by Crippen LogP contribution is 2.36. The van der Waals surface area contributed by atoms with Crippen LogP contribution in [-0.4, -0.2) is 33.0 Å². The molecule has 0 saturated carbocycles. The van der Waals surface area contributed by atoms with Crippen molar-refractivity contribution in [2.45, 2.75) is 37.8 Å². The van der Waals surface area contributed by atoms with Crippen molar-refractivity contribution >= 4 is 21.6 Å². The Morgan fingerprint density at radius 1 is 1.07 bits per heavy atom. The maximum Gasteiger partial charge on any atom is 0.264 e. The summed E-state index contributed by atoms with van der Waals surface area (Å²) in [6.07, 6.45) is -0.917. The van der Waals surface area contributed by atoms with Gasteiger partial charge in [-0.1, -0.05) is 44.2 Å². The Kier molecular flexibility index (Phi) is 5.41. The van der Waals surface area contributed by atoms with Crippen LogP contribution >= 0.6 is 0 Å². The van der Waals surface area contributed by atoms with Crippen LogP contribution in [0.25, 0.3) is 0 Å². The first-order valence-electron chi connectivity index (χ1n) is 8.94. The van der Waals surface area contributed by atoms with E-state index in [1.807, 2.05) is 20.8 Å². The summed E-state index contributed by atoms with van der Waals surface area (Å²) in [6, 6.07) is 15.0. The number of amides is 1. The minimum atomic E-state index is -3.81. The summed E-state index contributed by atoms with van der Waals surface area (Å²) < 4.78 is 33.4. The summed E-state index contributed by atoms with van der Waals surface area (Å²) in [6.45, 7) is 5.85. The number of rotatable bonds is 5. The van der Waals surface area contributed by atoms with Crippen molar-refractivity contribution in [1.82, 2.24) is 5.32 Å². The predicted molar refractivity (Wildman–Crippen MR) is 104 cm³/mol. The van der Waals surface area contributed by atoms with Gasteiger partial charge in [0.25, 0.3) is 15.9 Å². The minimum Gasteiger partial charge on any atom is -0.476 e. The van der Waals surface area contributed by atoms with Crippen LogP contribution in [0, 0.1) is 5.92 Å². The fourth-order valence-electron chi connectivity index (χ4n) is 2.77. The van der Waals surface area contributed by atoms with E-state index in [0.717, 1.165) is 0 Å². The van der Waals surface area contributed by atoms with Gasteiger partial charge in [-0.2, -0.15) is 0 Å². The van der Waals surface area contributed by atoms with Crippen molar-refractivity contribution in [1.29, 1.82) is 0 Å². The summed E-state index contributed by atoms with van der Waals surface area (Å²) in [5, 5.41) is 2.91. The smallest absolute Gasteiger partial charge is 0.264 e. The van der Waals surface area contributed by atoms with Gasteiger partial charge >= 0.3 is 0 Å². The van der Waals surface area contributed by atoms with Gasteiger partial charge in [0.1, 0.15) is 5.75 Å². The van der Waals surface area contributed by atoms with Gasteiger partial charge in [0.2, 0.25) is 0 Å². The molecular formula is C20H24N2O4S. The fourth-order valence-corrected chi connectivity index (χ4v) is 4.27. The third kappa shape index (κ3) is 3.93. The molecule has 1 aliphatic rings. The van der Waals surface area contributed by atoms with Crippen molar-refractivity contribution in [2.24, 2.45) is 5.92 Å². The molecule has 0 aromatic heterocycles. The Labute approximate surface area is 160 Å². The third-order valence-corrected chi connectivity index (χ3v) is 6.52. The second kappa shape index (κ2) is 7.60. The zero-order valence-corrected chi connectivity index (χ0v) is 16.4. The maximum atomic E-state index is 13.2. The number of fused-ring (bicyclic) bond motifs is 1. The van der Waals surface area contributed by atoms with Crippen LogP contribution in [0.1, 0.15) is 20.8 Å². The lowest BCUT2D eigenvalue weighted by molar-refractivity contribution is -0.128. The van der Waals surface area contributed by atoms with Crippen molar-refractivity contribution in [3.63, 3.8) is 0 Å². The molecule has 0 fully saturated rings. The average molecular weight is 388 g/mol. The van der Waals surface area contributed by atoms with Crippen LogP contribution in [0.2, 0.25) is 0 Å². The predicted octanol–water partition coefficient (Wildman–Crippen LogP) is 2.80. The Morgan fingerprint density at radius 2 is 1.70 bits per heavy atom. The first-order valence-corrected chi connectivity index (χ1v) is 10.4. The lowest BCUT2D eigenvalue weighted by Crippen LogP contribution is -2.52. The molecule has 0 saturated heterocycles. The summed E-state index contributed by atoms with van der Waals surface area (Å²) in [5.74, 6) is 0.313. The number of hydrogen-bond donors (Lipinski definition) is 1. The van der Waals surface area contributed by atoms with E-state index in [2.05, 4.69) is 5.32 Å². The number of carbonyl (C=O) groups is 1. The highest BCUT2D eigenvalue weighted by atomic mass is 32.2. The van der Waals surface area contributed by atoms with Gasteiger partial charge < -0.3 is 10.1 Å². The second-order valence-corrected chi connectivity index (χ2v) is 8.83. The molecule has 6 nitrogen and oxygen atoms in total. The number of sulfonamides is 1. The number of carbonyl (C=O) groups excluding carboxylic acids is 1. The van der Waals surface area contributed by atoms with Gasteiger partial charge in [0.15, 0.2) is 6.10 Å². The Hall–Kier alpha value is -2.54. The second-order valence-electron chi connectivity index (χ2n) is 6.96. The Bertz CT molecular complexity index is 913. The number of ether oxygens (including phenoxy) is 1. The molecule has 1 amide bonds. The van der Waals surface area contributed by atoms with E-state index in [9.17, 15) is 13.2 Å². The van der Waals surface area contributed by atoms with Crippen LogP contribution in [0.4, 0.5) is 5.69 Å². The Balaban J connectivity index is 1.95. The molecule has 0 aliphatic carbocycles. The van der Waals surface area contributed by atoms with Crippen molar-refractivity contribution in [3.05, 3.63) is 54.6 Å². The molecule has 3 rings (SSSR count). The quantitative estimate of drug-likeness (QED) is 0.855. The molecule has 0 radical (unpaired) electrons. The molecule has 2 aromatic carbocycles. The highest BCUT2D eigenvalue weighted by molar-refractivity contribution is 7.92. The van der Waals surface area contributed by atoms with Crippen molar-refractivity contribution in [2.75, 3.05) is 10.8 Å². The summed E-state index contributed by atoms with van der Waals surface area (Å²) in [5.41, 5.74) is 0.433. The van der Waals surface area contributed by atoms with E-state index in [4.69, 9.17) is 4.74 Å². The highest BCUT2D eigenvalue weighted by Gasteiger charge is 2.37. The van der Waals surface area contributed by atoms with Crippen LogP contribution in [0.5, 0.6) is 5.75 Å². The number of benzene rings is 2. The molecule has 7 heteroatoms. The number of nitrogens with zero attached hydrogens (tertiary/aromatic N) is 1. The molecule has 2 aromatic rings. The largest absolute Gasteiger partial charge is 0.476 e. The summed E-state index contributed by atoms with van der Waals surface area (Å²) in [7, 11) is -3.81. The maximum absolute atomic E-state index is 13.2. The number of para-hydroxylation sites is 2. The van der Waals surface area contributed by atoms with E-state index >= 15 is 0 Å². The molecule has 2 atom stereocenters. The van der Waals surface area contributed by atoms with Gasteiger partial charge in [0, 0.05) is 6.04 Å². The molecule has 27 heavy (non-hydrogen) atoms. The van der Waals surface area contributed by atoms with E-state index in [-0.39, 0.29) is 29.3 Å². The molecule has 1 heterocycles. The number of nitrogens with one attached hydrogen (secondary N) is 1. The SMILES string of the molecule is CC(C)[C@@H](C)NC(=O)[C@H]1CN(S(=O)(=O)c2ccccc2)c2ccccc2O1. The lowest BCUT2D eigenvalue weighted by atomic mass is 10.1. The molecule has 0 unspecified atom stereocenters. The van der Waals surface area contributed by atoms with Gasteiger partial charge in [-0.15, -0.1) is 0 Å². The molecule has 144 valence electrons. The van der Waals surface area contributed by atoms with Gasteiger partial charge in [-0.25, -0.2) is 8.42 Å². The van der Waals surface area contributed by atoms with E-state index < -0.39 is 16.1 Å². The van der Waals surface area contributed by atoms with Crippen LogP contribution < -0.4 is 14.4 Å². The zero-order chi connectivity index (χ0) is 19.6. The van der Waals surface area contributed by atoms with E-state index in [1.165, 1.54) is 4.31 Å². The monoisotopic (exact) mass is 388 g/mol. The van der Waals surface area contributed by atoms with Gasteiger partial charge in [-0.3, -0.25) is 9.10 Å². The van der Waals surface area contributed by atoms with Crippen molar-refractivity contribution in [3.8, 4) is 5.75 Å². The zero-order valence-electron chi connectivity index (χ0n) is 15.6. The molecule has 1 aliphatic heterocycles. The normalized spacial score (nSPS) is 17.8. The van der Waals surface area contributed by atoms with Gasteiger partial charge in [0.05, 0.1) is 17.1 Å². The molecule has 0 bridgehead atoms. The molecule has 0 spiro atoms. The fraction of sp³-hybridized carbons (Fsp3) is 0.350. The van der Waals surface area contributed by atoms with E-state index in [0.29, 0.717) is 11.4 Å². The van der Waals surface area contributed by atoms with Crippen LogP contribution in [-0.2, 0) is 14.8 Å². The first-order chi connectivity index (χ1) is 12.8. The van der Waals surface area contributed by atoms with Gasteiger partial charge in [-0.05, 0) is 37.1 Å². The minimum absolute atomic E-state index is 0.0440. The Morgan fingerprint density at radius 3 is 2.37 bits per heavy atom. The van der Waals surface area contributed by atoms with E-state index in [1.54, 1.807) is 54.6 Å². The topological polar surface area (TPSA) is 75.7 Å². The molecule has 1 N–H and O–H groups in total. The summed E-state index contributed by atoms with van der Waals surface area (Å²) >= 11 is 0. The van der Waals surface area contributed by atoms with Crippen LogP contribution in [0.15, 0.2) is 59.5 Å². The summed E-state index contributed by atoms with van der Waals surface area (Å²) in [4.78, 5) is 12.9.